The van der Waals surface area contributed by atoms with Crippen molar-refractivity contribution < 1.29 is 33.6 Å². The number of amides is 4. The lowest BCUT2D eigenvalue weighted by Crippen LogP contribution is -2.34. The van der Waals surface area contributed by atoms with E-state index in [-0.39, 0.29) is 25.8 Å². The van der Waals surface area contributed by atoms with E-state index in [0.29, 0.717) is 18.8 Å². The molecule has 0 aliphatic carbocycles. The molecule has 4 amide bonds. The molecule has 0 aliphatic heterocycles. The van der Waals surface area contributed by atoms with Gasteiger partial charge in [-0.3, -0.25) is 9.87 Å². The Kier molecular flexibility index (Phi) is 18.1. The van der Waals surface area contributed by atoms with Crippen LogP contribution in [0.5, 0.6) is 0 Å². The van der Waals surface area contributed by atoms with E-state index in [1.54, 1.807) is 32.4 Å². The maximum Gasteiger partial charge on any atom is 0.438 e. The van der Waals surface area contributed by atoms with Gasteiger partial charge < -0.3 is 30.3 Å². The van der Waals surface area contributed by atoms with E-state index in [1.807, 2.05) is 6.07 Å². The molecule has 0 aliphatic rings. The maximum absolute atomic E-state index is 11.8. The third kappa shape index (κ3) is 17.9. The van der Waals surface area contributed by atoms with Crippen LogP contribution in [-0.4, -0.2) is 81.7 Å². The van der Waals surface area contributed by atoms with Gasteiger partial charge in [0.15, 0.2) is 0 Å². The van der Waals surface area contributed by atoms with Crippen molar-refractivity contribution in [1.82, 2.24) is 25.8 Å². The standard InChI is InChI=1S/C25H43N5O7/c1-30(2)23(31)27-16-11-8-6-4-5-7-9-12-17-28-25(33)37-36-20-22(34-3)19-35-24(32)29-18-21-14-10-13-15-26-21/h10,13-15,22H,4-9,11-12,16-20H2,1-3H3,(H,27,31)(H,28,33)(H,29,32). The molecule has 0 bridgehead atoms. The van der Waals surface area contributed by atoms with Crippen molar-refractivity contribution in [3.8, 4) is 0 Å². The highest BCUT2D eigenvalue weighted by atomic mass is 17.2. The zero-order chi connectivity index (χ0) is 27.1. The Hall–Kier alpha value is -3.12. The fourth-order valence-corrected chi connectivity index (χ4v) is 3.12. The van der Waals surface area contributed by atoms with Crippen molar-refractivity contribution in [1.29, 1.82) is 0 Å². The first-order chi connectivity index (χ1) is 17.9. The number of methoxy groups -OCH3 is 1. The van der Waals surface area contributed by atoms with Gasteiger partial charge in [0, 0.05) is 40.5 Å². The molecule has 12 heteroatoms. The predicted octanol–water partition coefficient (Wildman–Crippen LogP) is 3.37. The van der Waals surface area contributed by atoms with Gasteiger partial charge in [0.2, 0.25) is 0 Å². The van der Waals surface area contributed by atoms with E-state index in [0.717, 1.165) is 44.9 Å². The molecule has 0 spiro atoms. The highest BCUT2D eigenvalue weighted by Gasteiger charge is 2.14. The Morgan fingerprint density at radius 1 is 0.865 bits per heavy atom. The molecule has 0 saturated heterocycles. The molecule has 0 fully saturated rings. The van der Waals surface area contributed by atoms with Crippen LogP contribution in [0.1, 0.15) is 57.1 Å². The van der Waals surface area contributed by atoms with Gasteiger partial charge in [-0.2, -0.15) is 4.89 Å². The molecule has 1 atom stereocenters. The van der Waals surface area contributed by atoms with Crippen molar-refractivity contribution in [2.24, 2.45) is 0 Å². The number of carbonyl (C=O) groups excluding carboxylic acids is 3. The van der Waals surface area contributed by atoms with Gasteiger partial charge in [-0.1, -0.05) is 44.6 Å². The summed E-state index contributed by atoms with van der Waals surface area (Å²) in [4.78, 5) is 50.1. The van der Waals surface area contributed by atoms with Crippen LogP contribution in [0.4, 0.5) is 14.4 Å². The number of carbonyl (C=O) groups is 3. The lowest BCUT2D eigenvalue weighted by Gasteiger charge is -2.15. The Labute approximate surface area is 219 Å². The third-order valence-corrected chi connectivity index (χ3v) is 5.32. The molecule has 1 aromatic heterocycles. The number of hydrogen-bond donors (Lipinski definition) is 3. The van der Waals surface area contributed by atoms with Crippen molar-refractivity contribution in [2.45, 2.75) is 64.0 Å². The molecule has 1 rings (SSSR count). The number of nitrogens with one attached hydrogen (secondary N) is 3. The average Bonchev–Trinajstić information content (AvgIpc) is 2.90. The number of alkyl carbamates (subject to hydrolysis) is 1. The fourth-order valence-electron chi connectivity index (χ4n) is 3.12. The molecule has 1 heterocycles. The van der Waals surface area contributed by atoms with Crippen molar-refractivity contribution in [3.05, 3.63) is 30.1 Å². The van der Waals surface area contributed by atoms with Crippen LogP contribution in [-0.2, 0) is 25.8 Å². The summed E-state index contributed by atoms with van der Waals surface area (Å²) in [6.45, 7) is 1.31. The Bertz CT molecular complexity index is 752. The monoisotopic (exact) mass is 525 g/mol. The number of nitrogens with zero attached hydrogens (tertiary/aromatic N) is 2. The molecule has 3 N–H and O–H groups in total. The minimum absolute atomic E-state index is 0.0488. The summed E-state index contributed by atoms with van der Waals surface area (Å²) in [5, 5.41) is 8.08. The molecule has 1 aromatic rings. The second kappa shape index (κ2) is 21.0. The molecule has 0 radical (unpaired) electrons. The van der Waals surface area contributed by atoms with E-state index in [2.05, 4.69) is 25.8 Å². The highest BCUT2D eigenvalue weighted by Crippen LogP contribution is 2.08. The van der Waals surface area contributed by atoms with Crippen LogP contribution in [0.3, 0.4) is 0 Å². The largest absolute Gasteiger partial charge is 0.447 e. The highest BCUT2D eigenvalue weighted by molar-refractivity contribution is 5.73. The number of hydrogen-bond acceptors (Lipinski definition) is 8. The summed E-state index contributed by atoms with van der Waals surface area (Å²) >= 11 is 0. The zero-order valence-electron chi connectivity index (χ0n) is 22.3. The molecule has 1 unspecified atom stereocenters. The van der Waals surface area contributed by atoms with Crippen molar-refractivity contribution in [3.63, 3.8) is 0 Å². The topological polar surface area (TPSA) is 140 Å². The van der Waals surface area contributed by atoms with Gasteiger partial charge in [-0.25, -0.2) is 14.4 Å². The van der Waals surface area contributed by atoms with E-state index in [4.69, 9.17) is 14.4 Å². The van der Waals surface area contributed by atoms with Crippen LogP contribution in [0.2, 0.25) is 0 Å². The minimum atomic E-state index is -0.676. The van der Waals surface area contributed by atoms with Gasteiger partial charge in [0.1, 0.15) is 19.3 Å². The Morgan fingerprint density at radius 2 is 1.51 bits per heavy atom. The van der Waals surface area contributed by atoms with Gasteiger partial charge in [0.05, 0.1) is 12.2 Å². The van der Waals surface area contributed by atoms with E-state index >= 15 is 0 Å². The third-order valence-electron chi connectivity index (χ3n) is 5.32. The van der Waals surface area contributed by atoms with Crippen LogP contribution in [0, 0.1) is 0 Å². The Morgan fingerprint density at radius 3 is 2.11 bits per heavy atom. The first kappa shape index (κ1) is 31.9. The molecule has 12 nitrogen and oxygen atoms in total. The lowest BCUT2D eigenvalue weighted by atomic mass is 10.1. The number of unbranched alkanes of at least 4 members (excludes halogenated alkanes) is 7. The summed E-state index contributed by atoms with van der Waals surface area (Å²) in [5.74, 6) is 0. The SMILES string of the molecule is COC(COOC(=O)NCCCCCCCCCCNC(=O)N(C)C)COC(=O)NCc1ccccn1. The molecular formula is C25H43N5O7. The molecule has 37 heavy (non-hydrogen) atoms. The molecule has 0 saturated carbocycles. The van der Waals surface area contributed by atoms with Gasteiger partial charge in [0.25, 0.3) is 0 Å². The minimum Gasteiger partial charge on any atom is -0.447 e. The number of pyridine rings is 1. The maximum atomic E-state index is 11.8. The quantitative estimate of drug-likeness (QED) is 0.142. The summed E-state index contributed by atoms with van der Waals surface area (Å²) in [6.07, 6.45) is 8.32. The van der Waals surface area contributed by atoms with Crippen molar-refractivity contribution in [2.75, 3.05) is 47.5 Å². The van der Waals surface area contributed by atoms with Crippen LogP contribution >= 0.6 is 0 Å². The normalized spacial score (nSPS) is 11.3. The Balaban J connectivity index is 1.93. The van der Waals surface area contributed by atoms with Crippen LogP contribution < -0.4 is 16.0 Å². The second-order valence-electron chi connectivity index (χ2n) is 8.67. The summed E-state index contributed by atoms with van der Waals surface area (Å²) in [6, 6.07) is 5.36. The van der Waals surface area contributed by atoms with E-state index < -0.39 is 18.3 Å². The summed E-state index contributed by atoms with van der Waals surface area (Å²) in [5.41, 5.74) is 0.709. The lowest BCUT2D eigenvalue weighted by molar-refractivity contribution is -0.256. The molecular weight excluding hydrogens is 482 g/mol. The summed E-state index contributed by atoms with van der Waals surface area (Å²) in [7, 11) is 4.90. The number of urea groups is 1. The van der Waals surface area contributed by atoms with Gasteiger partial charge in [-0.15, -0.1) is 0 Å². The molecule has 210 valence electrons. The average molecular weight is 526 g/mol. The first-order valence-electron chi connectivity index (χ1n) is 12.8. The summed E-state index contributed by atoms with van der Waals surface area (Å²) < 4.78 is 10.2. The number of rotatable bonds is 19. The van der Waals surface area contributed by atoms with E-state index in [1.165, 1.54) is 18.4 Å². The predicted molar refractivity (Wildman–Crippen MR) is 138 cm³/mol. The fraction of sp³-hybridized carbons (Fsp3) is 0.680. The number of aromatic nitrogens is 1. The van der Waals surface area contributed by atoms with Gasteiger partial charge in [-0.05, 0) is 25.0 Å². The van der Waals surface area contributed by atoms with Crippen LogP contribution in [0.15, 0.2) is 24.4 Å². The molecule has 0 aromatic carbocycles. The number of ether oxygens (including phenoxy) is 2. The van der Waals surface area contributed by atoms with Crippen LogP contribution in [0.25, 0.3) is 0 Å². The van der Waals surface area contributed by atoms with Gasteiger partial charge >= 0.3 is 18.2 Å². The second-order valence-corrected chi connectivity index (χ2v) is 8.67. The van der Waals surface area contributed by atoms with Crippen molar-refractivity contribution >= 4 is 18.2 Å². The smallest absolute Gasteiger partial charge is 0.438 e. The van der Waals surface area contributed by atoms with E-state index in [9.17, 15) is 14.4 Å². The first-order valence-corrected chi connectivity index (χ1v) is 12.8. The zero-order valence-corrected chi connectivity index (χ0v) is 22.3.